The molecular formula is C41H52NO3+. The number of unbranched alkanes of at least 4 members (excludes halogenated alkanes) is 1. The van der Waals surface area contributed by atoms with Crippen LogP contribution in [-0.4, -0.2) is 26.9 Å². The van der Waals surface area contributed by atoms with Crippen LogP contribution < -0.4 is 9.30 Å². The van der Waals surface area contributed by atoms with Gasteiger partial charge in [0.05, 0.1) is 48.0 Å². The lowest BCUT2D eigenvalue weighted by atomic mass is 9.58. The highest BCUT2D eigenvalue weighted by atomic mass is 16.5. The Morgan fingerprint density at radius 2 is 1.62 bits per heavy atom. The number of allylic oxidation sites excluding steroid dienone is 1. The molecule has 0 spiro atoms. The van der Waals surface area contributed by atoms with Crippen molar-refractivity contribution in [1.29, 1.82) is 0 Å². The second kappa shape index (κ2) is 13.4. The standard InChI is InChI=1S/C41H52NO3/c1-10-13-16-31-19-21-32(22-20-31)33-23-24-36-35(26-33)38-30(6)39(44-9)34-17-14-15-18-37(34)42(38)40(7,41(36,11-2)12-3)27-45-29(5)25-28(4)43-8/h14-15,17-26,29H,10-13,16,27H2,1-9H3/q+1. The molecule has 0 amide bonds. The minimum Gasteiger partial charge on any atom is -0.502 e. The van der Waals surface area contributed by atoms with E-state index in [0.29, 0.717) is 6.61 Å². The van der Waals surface area contributed by atoms with Crippen molar-refractivity contribution in [3.8, 4) is 28.1 Å². The maximum Gasteiger partial charge on any atom is 0.220 e. The molecule has 2 heterocycles. The largest absolute Gasteiger partial charge is 0.502 e. The van der Waals surface area contributed by atoms with E-state index in [1.165, 1.54) is 51.9 Å². The van der Waals surface area contributed by atoms with Gasteiger partial charge in [-0.3, -0.25) is 0 Å². The van der Waals surface area contributed by atoms with Gasteiger partial charge in [0.2, 0.25) is 11.2 Å². The van der Waals surface area contributed by atoms with Crippen molar-refractivity contribution in [1.82, 2.24) is 0 Å². The molecule has 0 fully saturated rings. The van der Waals surface area contributed by atoms with E-state index < -0.39 is 0 Å². The number of para-hydroxylation sites is 1. The number of hydrogen-bond acceptors (Lipinski definition) is 3. The third kappa shape index (κ3) is 5.56. The molecule has 5 rings (SSSR count). The smallest absolute Gasteiger partial charge is 0.220 e. The Labute approximate surface area is 271 Å². The summed E-state index contributed by atoms with van der Waals surface area (Å²) < 4.78 is 21.0. The lowest BCUT2D eigenvalue weighted by Gasteiger charge is -2.49. The number of hydrogen-bond donors (Lipinski definition) is 0. The average molecular weight is 607 g/mol. The van der Waals surface area contributed by atoms with Crippen LogP contribution in [0.15, 0.2) is 78.6 Å². The number of ether oxygens (including phenoxy) is 3. The number of methoxy groups -OCH3 is 2. The van der Waals surface area contributed by atoms with Crippen molar-refractivity contribution < 1.29 is 18.8 Å². The van der Waals surface area contributed by atoms with E-state index in [0.717, 1.165) is 41.7 Å². The Kier molecular flexibility index (Phi) is 9.74. The molecule has 45 heavy (non-hydrogen) atoms. The lowest BCUT2D eigenvalue weighted by Crippen LogP contribution is -2.71. The summed E-state index contributed by atoms with van der Waals surface area (Å²) in [6.45, 7) is 16.2. The minimum absolute atomic E-state index is 0.0908. The van der Waals surface area contributed by atoms with Gasteiger partial charge in [0, 0.05) is 13.0 Å². The van der Waals surface area contributed by atoms with Gasteiger partial charge < -0.3 is 14.2 Å². The highest BCUT2D eigenvalue weighted by molar-refractivity contribution is 5.88. The summed E-state index contributed by atoms with van der Waals surface area (Å²) in [5, 5.41) is 1.12. The van der Waals surface area contributed by atoms with Gasteiger partial charge in [-0.1, -0.05) is 75.7 Å². The predicted octanol–water partition coefficient (Wildman–Crippen LogP) is 9.86. The van der Waals surface area contributed by atoms with Crippen molar-refractivity contribution in [2.24, 2.45) is 0 Å². The molecule has 1 aliphatic rings. The maximum atomic E-state index is 6.76. The molecule has 4 aromatic rings. The first-order valence-electron chi connectivity index (χ1n) is 16.8. The Bertz CT molecular complexity index is 1680. The Hall–Kier alpha value is -3.63. The molecule has 238 valence electrons. The van der Waals surface area contributed by atoms with Gasteiger partial charge in [-0.25, -0.2) is 0 Å². The number of nitrogens with zero attached hydrogens (tertiary/aromatic N) is 1. The van der Waals surface area contributed by atoms with Gasteiger partial charge in [-0.15, -0.1) is 0 Å². The molecule has 1 aliphatic heterocycles. The predicted molar refractivity (Wildman–Crippen MR) is 187 cm³/mol. The van der Waals surface area contributed by atoms with Crippen molar-refractivity contribution >= 4 is 10.9 Å². The molecule has 2 atom stereocenters. The van der Waals surface area contributed by atoms with Gasteiger partial charge in [0.25, 0.3) is 0 Å². The number of benzene rings is 3. The second-order valence-corrected chi connectivity index (χ2v) is 13.0. The minimum atomic E-state index is -0.388. The summed E-state index contributed by atoms with van der Waals surface area (Å²) in [4.78, 5) is 0. The molecule has 4 nitrogen and oxygen atoms in total. The third-order valence-electron chi connectivity index (χ3n) is 10.6. The number of aryl methyl sites for hydroxylation is 1. The normalized spacial score (nSPS) is 17.9. The van der Waals surface area contributed by atoms with Crippen molar-refractivity contribution in [2.75, 3.05) is 20.8 Å². The maximum absolute atomic E-state index is 6.76. The van der Waals surface area contributed by atoms with E-state index >= 15 is 0 Å². The first-order valence-corrected chi connectivity index (χ1v) is 16.8. The summed E-state index contributed by atoms with van der Waals surface area (Å²) in [5.74, 6) is 1.80. The molecule has 0 saturated heterocycles. The summed E-state index contributed by atoms with van der Waals surface area (Å²) in [6.07, 6.45) is 7.50. The van der Waals surface area contributed by atoms with Crippen LogP contribution in [0.25, 0.3) is 33.3 Å². The fourth-order valence-corrected chi connectivity index (χ4v) is 7.98. The molecule has 0 radical (unpaired) electrons. The zero-order valence-electron chi connectivity index (χ0n) is 28.9. The molecule has 0 aliphatic carbocycles. The van der Waals surface area contributed by atoms with Crippen LogP contribution in [0, 0.1) is 6.92 Å². The molecule has 0 bridgehead atoms. The van der Waals surface area contributed by atoms with Crippen molar-refractivity contribution in [2.45, 2.75) is 97.6 Å². The third-order valence-corrected chi connectivity index (χ3v) is 10.6. The fourth-order valence-electron chi connectivity index (χ4n) is 7.98. The van der Waals surface area contributed by atoms with Gasteiger partial charge in [0.15, 0.2) is 5.54 Å². The highest BCUT2D eigenvalue weighted by Gasteiger charge is 2.61. The Balaban J connectivity index is 1.79. The zero-order valence-corrected chi connectivity index (χ0v) is 28.9. The molecular weight excluding hydrogens is 554 g/mol. The first kappa shape index (κ1) is 32.8. The topological polar surface area (TPSA) is 31.6 Å². The summed E-state index contributed by atoms with van der Waals surface area (Å²) >= 11 is 0. The zero-order chi connectivity index (χ0) is 32.4. The fraction of sp³-hybridized carbons (Fsp3) is 0.439. The Morgan fingerprint density at radius 3 is 2.27 bits per heavy atom. The molecule has 0 N–H and O–H groups in total. The molecule has 2 unspecified atom stereocenters. The van der Waals surface area contributed by atoms with E-state index in [1.54, 1.807) is 14.2 Å². The number of rotatable bonds is 12. The Morgan fingerprint density at radius 1 is 0.933 bits per heavy atom. The van der Waals surface area contributed by atoms with Crippen LogP contribution in [0.3, 0.4) is 0 Å². The van der Waals surface area contributed by atoms with Gasteiger partial charge in [-0.05, 0) is 86.9 Å². The molecule has 4 heteroatoms. The van der Waals surface area contributed by atoms with Crippen LogP contribution in [0.4, 0.5) is 0 Å². The van der Waals surface area contributed by atoms with Crippen LogP contribution >= 0.6 is 0 Å². The number of pyridine rings is 1. The SMILES string of the molecule is CCCCc1ccc(-c2ccc3c(c2)-c2c(C)c(OC)c4ccccc4[n+]2C(C)(COC(C)C=C(C)OC)C3(CC)CC)cc1. The summed E-state index contributed by atoms with van der Waals surface area (Å²) in [5.41, 5.74) is 9.53. The monoisotopic (exact) mass is 606 g/mol. The van der Waals surface area contributed by atoms with Gasteiger partial charge >= 0.3 is 0 Å². The van der Waals surface area contributed by atoms with Crippen LogP contribution in [-0.2, 0) is 26.8 Å². The van der Waals surface area contributed by atoms with Crippen LogP contribution in [0.2, 0.25) is 0 Å². The van der Waals surface area contributed by atoms with Gasteiger partial charge in [-0.2, -0.15) is 4.57 Å². The number of fused-ring (bicyclic) bond motifs is 5. The van der Waals surface area contributed by atoms with Crippen molar-refractivity contribution in [3.63, 3.8) is 0 Å². The highest BCUT2D eigenvalue weighted by Crippen LogP contribution is 2.53. The second-order valence-electron chi connectivity index (χ2n) is 13.0. The van der Waals surface area contributed by atoms with E-state index in [-0.39, 0.29) is 17.1 Å². The molecule has 3 aromatic carbocycles. The summed E-state index contributed by atoms with van der Waals surface area (Å²) in [6, 6.07) is 25.0. The van der Waals surface area contributed by atoms with Crippen molar-refractivity contribution in [3.05, 3.63) is 95.3 Å². The van der Waals surface area contributed by atoms with Gasteiger partial charge in [0.1, 0.15) is 12.4 Å². The summed E-state index contributed by atoms with van der Waals surface area (Å²) in [7, 11) is 3.50. The lowest BCUT2D eigenvalue weighted by molar-refractivity contribution is -0.745. The van der Waals surface area contributed by atoms with E-state index in [1.807, 2.05) is 6.92 Å². The average Bonchev–Trinajstić information content (AvgIpc) is 3.06. The molecule has 0 saturated carbocycles. The van der Waals surface area contributed by atoms with Crippen LogP contribution in [0.1, 0.15) is 83.9 Å². The van der Waals surface area contributed by atoms with E-state index in [2.05, 4.69) is 119 Å². The number of aromatic nitrogens is 1. The van der Waals surface area contributed by atoms with E-state index in [9.17, 15) is 0 Å². The quantitative estimate of drug-likeness (QED) is 0.119. The first-order chi connectivity index (χ1) is 21.7. The van der Waals surface area contributed by atoms with E-state index in [4.69, 9.17) is 14.2 Å². The van der Waals surface area contributed by atoms with Crippen LogP contribution in [0.5, 0.6) is 5.75 Å². The molecule has 1 aromatic heterocycles.